The summed E-state index contributed by atoms with van der Waals surface area (Å²) in [7, 11) is 1.66. The lowest BCUT2D eigenvalue weighted by molar-refractivity contribution is -0.137. The van der Waals surface area contributed by atoms with Crippen molar-refractivity contribution in [2.24, 2.45) is 11.3 Å². The fourth-order valence-corrected chi connectivity index (χ4v) is 5.90. The molecule has 0 amide bonds. The van der Waals surface area contributed by atoms with E-state index < -0.39 is 5.97 Å². The van der Waals surface area contributed by atoms with Gasteiger partial charge < -0.3 is 14.6 Å². The standard InChI is InChI=1S/C28H32O4/c1-20(21-10-5-3-6-11-21)28-17-16-25(32-19-31-2)24(28)18-23(14-9-15-26(29)30)27(28)22-12-7-4-8-13-22/h3-8,10-13,24-25H,1,9,14-19H2,2H3,(H,29,30)/t24?,25-,28+/m1/s1. The predicted molar refractivity (Wildman–Crippen MR) is 127 cm³/mol. The van der Waals surface area contributed by atoms with Gasteiger partial charge in [-0.2, -0.15) is 0 Å². The summed E-state index contributed by atoms with van der Waals surface area (Å²) >= 11 is 0. The van der Waals surface area contributed by atoms with Crippen molar-refractivity contribution in [3.63, 3.8) is 0 Å². The Bertz CT molecular complexity index is 979. The lowest BCUT2D eigenvalue weighted by Gasteiger charge is -2.37. The van der Waals surface area contributed by atoms with E-state index in [-0.39, 0.29) is 30.7 Å². The third-order valence-corrected chi connectivity index (χ3v) is 7.16. The summed E-state index contributed by atoms with van der Waals surface area (Å²) in [4.78, 5) is 11.2. The normalized spacial score (nSPS) is 24.5. The minimum Gasteiger partial charge on any atom is -0.481 e. The zero-order valence-electron chi connectivity index (χ0n) is 18.8. The lowest BCUT2D eigenvalue weighted by atomic mass is 9.66. The average molecular weight is 433 g/mol. The molecule has 4 rings (SSSR count). The first-order chi connectivity index (χ1) is 15.6. The first kappa shape index (κ1) is 22.5. The Balaban J connectivity index is 1.81. The van der Waals surface area contributed by atoms with Crippen LogP contribution in [0.1, 0.15) is 49.7 Å². The zero-order chi connectivity index (χ0) is 22.6. The quantitative estimate of drug-likeness (QED) is 0.454. The second-order valence-electron chi connectivity index (χ2n) is 8.87. The molecule has 0 saturated heterocycles. The first-order valence-corrected chi connectivity index (χ1v) is 11.4. The van der Waals surface area contributed by atoms with Gasteiger partial charge in [-0.25, -0.2) is 0 Å². The lowest BCUT2D eigenvalue weighted by Crippen LogP contribution is -2.30. The number of hydrogen-bond acceptors (Lipinski definition) is 3. The van der Waals surface area contributed by atoms with Crippen molar-refractivity contribution >= 4 is 17.1 Å². The van der Waals surface area contributed by atoms with E-state index in [0.29, 0.717) is 6.42 Å². The Hall–Kier alpha value is -2.69. The van der Waals surface area contributed by atoms with Gasteiger partial charge in [0.15, 0.2) is 0 Å². The maximum atomic E-state index is 11.2. The molecule has 168 valence electrons. The third kappa shape index (κ3) is 4.17. The highest BCUT2D eigenvalue weighted by Crippen LogP contribution is 2.66. The SMILES string of the molecule is C=C(c1ccccc1)[C@@]12CC[C@@H](OCOC)C1CC(CCCC(=O)O)=C2c1ccccc1. The largest absolute Gasteiger partial charge is 0.481 e. The molecular weight excluding hydrogens is 400 g/mol. The Morgan fingerprint density at radius 1 is 1.12 bits per heavy atom. The molecule has 32 heavy (non-hydrogen) atoms. The van der Waals surface area contributed by atoms with E-state index >= 15 is 0 Å². The van der Waals surface area contributed by atoms with Crippen LogP contribution in [0.5, 0.6) is 0 Å². The van der Waals surface area contributed by atoms with Gasteiger partial charge in [-0.3, -0.25) is 4.79 Å². The molecule has 1 N–H and O–H groups in total. The second kappa shape index (κ2) is 9.85. The van der Waals surface area contributed by atoms with Crippen molar-refractivity contribution in [2.45, 2.75) is 44.6 Å². The van der Waals surface area contributed by atoms with Crippen molar-refractivity contribution in [3.8, 4) is 0 Å². The van der Waals surface area contributed by atoms with Crippen molar-refractivity contribution in [1.29, 1.82) is 0 Å². The molecule has 4 heteroatoms. The summed E-state index contributed by atoms with van der Waals surface area (Å²) < 4.78 is 11.4. The van der Waals surface area contributed by atoms with Crippen LogP contribution in [0.15, 0.2) is 72.8 Å². The number of fused-ring (bicyclic) bond motifs is 1. The zero-order valence-corrected chi connectivity index (χ0v) is 18.8. The van der Waals surface area contributed by atoms with Crippen molar-refractivity contribution in [1.82, 2.24) is 0 Å². The van der Waals surface area contributed by atoms with Crippen molar-refractivity contribution in [2.75, 3.05) is 13.9 Å². The number of carbonyl (C=O) groups is 1. The molecule has 4 nitrogen and oxygen atoms in total. The molecule has 0 heterocycles. The highest BCUT2D eigenvalue weighted by Gasteiger charge is 2.57. The van der Waals surface area contributed by atoms with E-state index in [1.165, 1.54) is 16.7 Å². The summed E-state index contributed by atoms with van der Waals surface area (Å²) in [5.74, 6) is -0.477. The molecule has 1 unspecified atom stereocenters. The van der Waals surface area contributed by atoms with Gasteiger partial charge in [0.25, 0.3) is 0 Å². The molecule has 0 aliphatic heterocycles. The van der Waals surface area contributed by atoms with Crippen LogP contribution in [0.2, 0.25) is 0 Å². The van der Waals surface area contributed by atoms with E-state index in [1.54, 1.807) is 7.11 Å². The van der Waals surface area contributed by atoms with Gasteiger partial charge in [-0.15, -0.1) is 0 Å². The number of aliphatic carboxylic acids is 1. The second-order valence-corrected chi connectivity index (χ2v) is 8.87. The molecule has 3 atom stereocenters. The molecule has 2 aromatic carbocycles. The summed E-state index contributed by atoms with van der Waals surface area (Å²) in [6.45, 7) is 4.94. The highest BCUT2D eigenvalue weighted by molar-refractivity contribution is 5.90. The maximum Gasteiger partial charge on any atom is 0.303 e. The molecule has 0 bridgehead atoms. The van der Waals surface area contributed by atoms with E-state index in [0.717, 1.165) is 36.8 Å². The number of benzene rings is 2. The summed E-state index contributed by atoms with van der Waals surface area (Å²) in [6.07, 6.45) is 4.53. The van der Waals surface area contributed by atoms with Crippen LogP contribution in [0.25, 0.3) is 11.1 Å². The smallest absolute Gasteiger partial charge is 0.303 e. The Labute approximate surface area is 190 Å². The molecule has 0 aromatic heterocycles. The van der Waals surface area contributed by atoms with Gasteiger partial charge in [-0.05, 0) is 54.4 Å². The number of ether oxygens (including phenoxy) is 2. The summed E-state index contributed by atoms with van der Waals surface area (Å²) in [6, 6.07) is 21.0. The number of allylic oxidation sites excluding steroid dienone is 3. The number of carboxylic acids is 1. The van der Waals surface area contributed by atoms with Crippen molar-refractivity contribution in [3.05, 3.63) is 83.9 Å². The van der Waals surface area contributed by atoms with E-state index in [9.17, 15) is 9.90 Å². The van der Waals surface area contributed by atoms with E-state index in [1.807, 2.05) is 12.1 Å². The molecule has 1 fully saturated rings. The minimum absolute atomic E-state index is 0.0890. The van der Waals surface area contributed by atoms with Gasteiger partial charge in [0.1, 0.15) is 6.79 Å². The fraction of sp³-hybridized carbons (Fsp3) is 0.393. The highest BCUT2D eigenvalue weighted by atomic mass is 16.7. The van der Waals surface area contributed by atoms with E-state index in [4.69, 9.17) is 9.47 Å². The average Bonchev–Trinajstić information content (AvgIpc) is 3.32. The van der Waals surface area contributed by atoms with Gasteiger partial charge in [-0.1, -0.05) is 72.8 Å². The summed E-state index contributed by atoms with van der Waals surface area (Å²) in [5, 5.41) is 9.19. The third-order valence-electron chi connectivity index (χ3n) is 7.16. The number of hydrogen-bond donors (Lipinski definition) is 1. The molecular formula is C28H32O4. The van der Waals surface area contributed by atoms with Crippen LogP contribution < -0.4 is 0 Å². The van der Waals surface area contributed by atoms with Crippen molar-refractivity contribution < 1.29 is 19.4 Å². The minimum atomic E-state index is -0.741. The predicted octanol–water partition coefficient (Wildman–Crippen LogP) is 6.20. The Morgan fingerprint density at radius 2 is 1.81 bits per heavy atom. The fourth-order valence-electron chi connectivity index (χ4n) is 5.90. The van der Waals surface area contributed by atoms with Gasteiger partial charge in [0.05, 0.1) is 6.10 Å². The molecule has 0 radical (unpaired) electrons. The van der Waals surface area contributed by atoms with Gasteiger partial charge in [0, 0.05) is 24.9 Å². The van der Waals surface area contributed by atoms with Crippen LogP contribution in [0, 0.1) is 11.3 Å². The maximum absolute atomic E-state index is 11.2. The summed E-state index contributed by atoms with van der Waals surface area (Å²) in [5.41, 5.74) is 5.98. The van der Waals surface area contributed by atoms with Gasteiger partial charge in [0.2, 0.25) is 0 Å². The van der Waals surface area contributed by atoms with Crippen LogP contribution >= 0.6 is 0 Å². The number of rotatable bonds is 10. The van der Waals surface area contributed by atoms with Gasteiger partial charge >= 0.3 is 5.97 Å². The van der Waals surface area contributed by atoms with Crippen LogP contribution in [-0.2, 0) is 14.3 Å². The molecule has 2 aliphatic rings. The monoisotopic (exact) mass is 432 g/mol. The van der Waals surface area contributed by atoms with Crippen LogP contribution in [0.4, 0.5) is 0 Å². The first-order valence-electron chi connectivity index (χ1n) is 11.4. The molecule has 1 saturated carbocycles. The van der Waals surface area contributed by atoms with E-state index in [2.05, 4.69) is 55.1 Å². The molecule has 0 spiro atoms. The molecule has 2 aliphatic carbocycles. The van der Waals surface area contributed by atoms with Crippen LogP contribution in [0.3, 0.4) is 0 Å². The Kier molecular flexibility index (Phi) is 6.92. The number of methoxy groups -OCH3 is 1. The van der Waals surface area contributed by atoms with Crippen LogP contribution in [-0.4, -0.2) is 31.1 Å². The topological polar surface area (TPSA) is 55.8 Å². The Morgan fingerprint density at radius 3 is 2.47 bits per heavy atom. The number of carboxylic acid groups (broad SMARTS) is 1. The molecule has 2 aromatic rings.